The molecular formula is C26H31N3O5. The standard InChI is InChI=1S/C26H31N3O5/c1-16-14-29(15-17(2)33-16)24-9-5-19(12-27-24)13-28-25(30)10-8-22-18(3)21-7-6-20(32-4)11-23(21)34-26(22)31/h5-7,9,11-12,16-17H,8,10,13-15H2,1-4H3,(H,28,30). The summed E-state index contributed by atoms with van der Waals surface area (Å²) in [4.78, 5) is 31.7. The number of amides is 1. The van der Waals surface area contributed by atoms with Gasteiger partial charge in [-0.3, -0.25) is 4.79 Å². The van der Waals surface area contributed by atoms with Crippen molar-refractivity contribution in [1.82, 2.24) is 10.3 Å². The lowest BCUT2D eigenvalue weighted by atomic mass is 10.0. The first-order valence-corrected chi connectivity index (χ1v) is 11.6. The molecule has 0 spiro atoms. The number of hydrogen-bond donors (Lipinski definition) is 1. The summed E-state index contributed by atoms with van der Waals surface area (Å²) < 4.78 is 16.4. The van der Waals surface area contributed by atoms with Crippen LogP contribution in [0.1, 0.15) is 37.0 Å². The second-order valence-electron chi connectivity index (χ2n) is 8.82. The maximum atomic E-state index is 12.5. The van der Waals surface area contributed by atoms with E-state index >= 15 is 0 Å². The fourth-order valence-corrected chi connectivity index (χ4v) is 4.39. The molecular weight excluding hydrogens is 434 g/mol. The van der Waals surface area contributed by atoms with Crippen molar-refractivity contribution < 1.29 is 18.7 Å². The van der Waals surface area contributed by atoms with Crippen LogP contribution in [0.2, 0.25) is 0 Å². The molecule has 1 aliphatic rings. The number of nitrogens with one attached hydrogen (secondary N) is 1. The summed E-state index contributed by atoms with van der Waals surface area (Å²) in [6, 6.07) is 9.34. The largest absolute Gasteiger partial charge is 0.497 e. The molecule has 4 rings (SSSR count). The highest BCUT2D eigenvalue weighted by atomic mass is 16.5. The van der Waals surface area contributed by atoms with Crippen LogP contribution < -0.4 is 20.6 Å². The number of fused-ring (bicyclic) bond motifs is 1. The van der Waals surface area contributed by atoms with Crippen LogP contribution in [0.5, 0.6) is 5.75 Å². The van der Waals surface area contributed by atoms with E-state index in [1.54, 1.807) is 19.4 Å². The number of aromatic nitrogens is 1. The van der Waals surface area contributed by atoms with Crippen molar-refractivity contribution in [1.29, 1.82) is 0 Å². The van der Waals surface area contributed by atoms with Gasteiger partial charge in [-0.05, 0) is 56.5 Å². The number of benzene rings is 1. The highest BCUT2D eigenvalue weighted by Gasteiger charge is 2.23. The fourth-order valence-electron chi connectivity index (χ4n) is 4.39. The zero-order chi connectivity index (χ0) is 24.2. The predicted octanol–water partition coefficient (Wildman–Crippen LogP) is 3.37. The molecule has 180 valence electrons. The van der Waals surface area contributed by atoms with Crippen LogP contribution >= 0.6 is 0 Å². The van der Waals surface area contributed by atoms with Gasteiger partial charge in [0.1, 0.15) is 17.2 Å². The van der Waals surface area contributed by atoms with Crippen LogP contribution in [0.4, 0.5) is 5.82 Å². The monoisotopic (exact) mass is 465 g/mol. The lowest BCUT2D eigenvalue weighted by Crippen LogP contribution is -2.45. The van der Waals surface area contributed by atoms with Crippen LogP contribution in [0.15, 0.2) is 45.7 Å². The van der Waals surface area contributed by atoms with Gasteiger partial charge in [-0.1, -0.05) is 6.07 Å². The number of hydrogen-bond acceptors (Lipinski definition) is 7. The number of morpholine rings is 1. The average molecular weight is 466 g/mol. The number of rotatable bonds is 7. The van der Waals surface area contributed by atoms with Crippen LogP contribution in [-0.4, -0.2) is 43.3 Å². The Balaban J connectivity index is 1.33. The Morgan fingerprint density at radius 1 is 1.21 bits per heavy atom. The molecule has 2 unspecified atom stereocenters. The molecule has 3 heterocycles. The Morgan fingerprint density at radius 2 is 1.97 bits per heavy atom. The minimum atomic E-state index is -0.419. The van der Waals surface area contributed by atoms with E-state index in [9.17, 15) is 9.59 Å². The third kappa shape index (κ3) is 5.39. The minimum absolute atomic E-state index is 0.131. The maximum absolute atomic E-state index is 12.5. The molecule has 1 aliphatic heterocycles. The van der Waals surface area contributed by atoms with Crippen LogP contribution in [0, 0.1) is 6.92 Å². The maximum Gasteiger partial charge on any atom is 0.339 e. The van der Waals surface area contributed by atoms with E-state index in [1.807, 2.05) is 31.2 Å². The molecule has 0 aliphatic carbocycles. The van der Waals surface area contributed by atoms with Crippen molar-refractivity contribution in [3.63, 3.8) is 0 Å². The van der Waals surface area contributed by atoms with Gasteiger partial charge in [0.25, 0.3) is 0 Å². The second-order valence-corrected chi connectivity index (χ2v) is 8.82. The molecule has 34 heavy (non-hydrogen) atoms. The first-order valence-electron chi connectivity index (χ1n) is 11.6. The molecule has 8 nitrogen and oxygen atoms in total. The SMILES string of the molecule is COc1ccc2c(C)c(CCC(=O)NCc3ccc(N4CC(C)OC(C)C4)nc3)c(=O)oc2c1. The average Bonchev–Trinajstić information content (AvgIpc) is 2.82. The molecule has 0 radical (unpaired) electrons. The van der Waals surface area contributed by atoms with Gasteiger partial charge < -0.3 is 24.1 Å². The Labute approximate surface area is 198 Å². The van der Waals surface area contributed by atoms with Gasteiger partial charge in [0.05, 0.1) is 19.3 Å². The number of carbonyl (C=O) groups excluding carboxylic acids is 1. The summed E-state index contributed by atoms with van der Waals surface area (Å²) in [5, 5.41) is 3.75. The van der Waals surface area contributed by atoms with E-state index in [0.717, 1.165) is 35.4 Å². The number of nitrogens with zero attached hydrogens (tertiary/aromatic N) is 2. The first-order chi connectivity index (χ1) is 16.3. The lowest BCUT2D eigenvalue weighted by molar-refractivity contribution is -0.121. The zero-order valence-electron chi connectivity index (χ0n) is 20.1. The summed E-state index contributed by atoms with van der Waals surface area (Å²) in [6.45, 7) is 8.00. The van der Waals surface area contributed by atoms with Gasteiger partial charge in [-0.25, -0.2) is 9.78 Å². The molecule has 8 heteroatoms. The van der Waals surface area contributed by atoms with Gasteiger partial charge in [-0.15, -0.1) is 0 Å². The van der Waals surface area contributed by atoms with Crippen molar-refractivity contribution in [2.75, 3.05) is 25.1 Å². The van der Waals surface area contributed by atoms with E-state index in [2.05, 4.69) is 29.0 Å². The van der Waals surface area contributed by atoms with Gasteiger partial charge in [0.2, 0.25) is 5.91 Å². The molecule has 1 aromatic carbocycles. The van der Waals surface area contributed by atoms with E-state index in [0.29, 0.717) is 29.9 Å². The predicted molar refractivity (Wildman–Crippen MR) is 130 cm³/mol. The van der Waals surface area contributed by atoms with E-state index in [4.69, 9.17) is 13.9 Å². The van der Waals surface area contributed by atoms with Gasteiger partial charge in [-0.2, -0.15) is 0 Å². The Kier molecular flexibility index (Phi) is 7.17. The zero-order valence-corrected chi connectivity index (χ0v) is 20.1. The van der Waals surface area contributed by atoms with Crippen molar-refractivity contribution in [2.24, 2.45) is 0 Å². The molecule has 0 saturated carbocycles. The van der Waals surface area contributed by atoms with Gasteiger partial charge >= 0.3 is 5.63 Å². The lowest BCUT2D eigenvalue weighted by Gasteiger charge is -2.36. The first kappa shape index (κ1) is 23.8. The van der Waals surface area contributed by atoms with E-state index < -0.39 is 5.63 Å². The molecule has 0 bridgehead atoms. The third-order valence-corrected chi connectivity index (χ3v) is 6.14. The molecule has 2 aromatic heterocycles. The van der Waals surface area contributed by atoms with E-state index in [-0.39, 0.29) is 24.5 Å². The van der Waals surface area contributed by atoms with E-state index in [1.165, 1.54) is 0 Å². The topological polar surface area (TPSA) is 93.9 Å². The smallest absolute Gasteiger partial charge is 0.339 e. The highest BCUT2D eigenvalue weighted by molar-refractivity contribution is 5.82. The molecule has 2 atom stereocenters. The molecule has 3 aromatic rings. The van der Waals surface area contributed by atoms with Gasteiger partial charge in [0.15, 0.2) is 0 Å². The fraction of sp³-hybridized carbons (Fsp3) is 0.423. The van der Waals surface area contributed by atoms with Crippen LogP contribution in [0.3, 0.4) is 0 Å². The number of pyridine rings is 1. The molecule has 1 N–H and O–H groups in total. The van der Waals surface area contributed by atoms with Crippen molar-refractivity contribution in [3.8, 4) is 5.75 Å². The number of methoxy groups -OCH3 is 1. The summed E-state index contributed by atoms with van der Waals surface area (Å²) in [5.74, 6) is 1.40. The molecule has 1 fully saturated rings. The quantitative estimate of drug-likeness (QED) is 0.535. The Morgan fingerprint density at radius 3 is 2.65 bits per heavy atom. The number of carbonyl (C=O) groups is 1. The second kappa shape index (κ2) is 10.3. The molecule has 1 saturated heterocycles. The van der Waals surface area contributed by atoms with Crippen molar-refractivity contribution in [2.45, 2.75) is 52.4 Å². The Bertz CT molecular complexity index is 1210. The normalized spacial score (nSPS) is 18.2. The van der Waals surface area contributed by atoms with Crippen molar-refractivity contribution >= 4 is 22.7 Å². The minimum Gasteiger partial charge on any atom is -0.497 e. The summed E-state index contributed by atoms with van der Waals surface area (Å²) in [6.07, 6.45) is 2.63. The third-order valence-electron chi connectivity index (χ3n) is 6.14. The summed E-state index contributed by atoms with van der Waals surface area (Å²) in [7, 11) is 1.56. The molecule has 1 amide bonds. The van der Waals surface area contributed by atoms with Gasteiger partial charge in [0, 0.05) is 49.3 Å². The van der Waals surface area contributed by atoms with Crippen LogP contribution in [0.25, 0.3) is 11.0 Å². The number of anilines is 1. The van der Waals surface area contributed by atoms with Crippen molar-refractivity contribution in [3.05, 3.63) is 63.6 Å². The number of ether oxygens (including phenoxy) is 2. The number of aryl methyl sites for hydroxylation is 1. The summed E-state index contributed by atoms with van der Waals surface area (Å²) >= 11 is 0. The van der Waals surface area contributed by atoms with Crippen LogP contribution in [-0.2, 0) is 22.5 Å². The highest BCUT2D eigenvalue weighted by Crippen LogP contribution is 2.24. The summed E-state index contributed by atoms with van der Waals surface area (Å²) in [5.41, 5.74) is 2.33. The Hall–Kier alpha value is -3.39.